The number of hydrogen-bond acceptors (Lipinski definition) is 5. The van der Waals surface area contributed by atoms with Gasteiger partial charge in [-0.05, 0) is 55.3 Å². The van der Waals surface area contributed by atoms with Crippen LogP contribution in [0.15, 0.2) is 67.3 Å². The highest BCUT2D eigenvalue weighted by Crippen LogP contribution is 2.31. The molecule has 0 atom stereocenters. The molecule has 0 spiro atoms. The van der Waals surface area contributed by atoms with Crippen molar-refractivity contribution in [1.29, 1.82) is 0 Å². The third-order valence-corrected chi connectivity index (χ3v) is 4.04. The minimum Gasteiger partial charge on any atom is -0.264 e. The number of aromatic nitrogens is 5. The summed E-state index contributed by atoms with van der Waals surface area (Å²) < 4.78 is 0. The van der Waals surface area contributed by atoms with Crippen molar-refractivity contribution in [3.63, 3.8) is 0 Å². The van der Waals surface area contributed by atoms with Gasteiger partial charge in [0.05, 0.1) is 0 Å². The summed E-state index contributed by atoms with van der Waals surface area (Å²) in [6.45, 7) is 3.76. The van der Waals surface area contributed by atoms with Crippen molar-refractivity contribution in [2.75, 3.05) is 0 Å². The maximum atomic E-state index is 4.52. The predicted molar refractivity (Wildman–Crippen MR) is 101 cm³/mol. The number of hydrogen-bond donors (Lipinski definition) is 0. The highest BCUT2D eigenvalue weighted by Gasteiger charge is 2.10. The maximum absolute atomic E-state index is 4.52. The molecule has 0 aliphatic carbocycles. The van der Waals surface area contributed by atoms with Crippen LogP contribution in [0, 0.1) is 13.8 Å². The third kappa shape index (κ3) is 3.32. The fraction of sp³-hybridized carbons (Fsp3) is 0.0952. The number of aryl methyl sites for hydroxylation is 2. The fourth-order valence-electron chi connectivity index (χ4n) is 2.90. The number of rotatable bonds is 3. The van der Waals surface area contributed by atoms with Gasteiger partial charge in [-0.1, -0.05) is 12.1 Å². The molecule has 0 aliphatic heterocycles. The molecule has 0 unspecified atom stereocenters. The molecule has 26 heavy (non-hydrogen) atoms. The molecular weight excluding hydrogens is 322 g/mol. The molecule has 5 nitrogen and oxygen atoms in total. The van der Waals surface area contributed by atoms with Crippen LogP contribution in [-0.2, 0) is 0 Å². The Morgan fingerprint density at radius 1 is 0.577 bits per heavy atom. The Kier molecular flexibility index (Phi) is 4.19. The summed E-state index contributed by atoms with van der Waals surface area (Å²) in [5, 5.41) is 0. The molecule has 0 amide bonds. The van der Waals surface area contributed by atoms with Gasteiger partial charge in [-0.25, -0.2) is 15.0 Å². The summed E-state index contributed by atoms with van der Waals surface area (Å²) in [6.07, 6.45) is 7.26. The van der Waals surface area contributed by atoms with Crippen molar-refractivity contribution in [2.45, 2.75) is 13.8 Å². The zero-order valence-electron chi connectivity index (χ0n) is 14.6. The summed E-state index contributed by atoms with van der Waals surface area (Å²) in [6, 6.07) is 14.3. The lowest BCUT2D eigenvalue weighted by molar-refractivity contribution is 0.928. The lowest BCUT2D eigenvalue weighted by Gasteiger charge is -2.10. The molecule has 0 N–H and O–H groups in total. The quantitative estimate of drug-likeness (QED) is 0.557. The van der Waals surface area contributed by atoms with E-state index in [0.29, 0.717) is 17.5 Å². The summed E-state index contributed by atoms with van der Waals surface area (Å²) in [4.78, 5) is 21.8. The van der Waals surface area contributed by atoms with Crippen molar-refractivity contribution < 1.29 is 0 Å². The molecule has 5 heteroatoms. The molecule has 1 aromatic carbocycles. The molecule has 0 saturated heterocycles. The van der Waals surface area contributed by atoms with Gasteiger partial charge in [-0.3, -0.25) is 9.97 Å². The molecular formula is C21H17N5. The Morgan fingerprint density at radius 2 is 1.08 bits per heavy atom. The number of nitrogens with zero attached hydrogens (tertiary/aromatic N) is 5. The maximum Gasteiger partial charge on any atom is 0.163 e. The first-order valence-corrected chi connectivity index (χ1v) is 8.34. The van der Waals surface area contributed by atoms with E-state index in [2.05, 4.69) is 43.1 Å². The van der Waals surface area contributed by atoms with Crippen LogP contribution >= 0.6 is 0 Å². The van der Waals surface area contributed by atoms with E-state index in [-0.39, 0.29) is 0 Å². The van der Waals surface area contributed by atoms with Crippen LogP contribution < -0.4 is 0 Å². The van der Waals surface area contributed by atoms with Crippen molar-refractivity contribution in [1.82, 2.24) is 24.9 Å². The monoisotopic (exact) mass is 339 g/mol. The van der Waals surface area contributed by atoms with Crippen LogP contribution in [-0.4, -0.2) is 24.9 Å². The van der Waals surface area contributed by atoms with E-state index in [1.165, 1.54) is 0 Å². The van der Waals surface area contributed by atoms with E-state index in [9.17, 15) is 0 Å². The predicted octanol–water partition coefficient (Wildman–Crippen LogP) is 4.28. The summed E-state index contributed by atoms with van der Waals surface area (Å²) in [5.74, 6) is 2.09. The van der Waals surface area contributed by atoms with Crippen molar-refractivity contribution >= 4 is 0 Å². The molecule has 0 bridgehead atoms. The Bertz CT molecular complexity index is 968. The van der Waals surface area contributed by atoms with Crippen LogP contribution in [0.3, 0.4) is 0 Å². The Hall–Kier alpha value is -3.47. The van der Waals surface area contributed by atoms with Gasteiger partial charge in [0, 0.05) is 41.5 Å². The second-order valence-corrected chi connectivity index (χ2v) is 6.04. The fourth-order valence-corrected chi connectivity index (χ4v) is 2.90. The van der Waals surface area contributed by atoms with E-state index in [1.54, 1.807) is 12.4 Å². The number of pyridine rings is 2. The molecule has 4 rings (SSSR count). The zero-order valence-corrected chi connectivity index (χ0v) is 14.6. The Morgan fingerprint density at radius 3 is 1.54 bits per heavy atom. The van der Waals surface area contributed by atoms with Gasteiger partial charge in [-0.2, -0.15) is 0 Å². The normalized spacial score (nSPS) is 10.7. The topological polar surface area (TPSA) is 64.5 Å². The number of benzene rings is 1. The van der Waals surface area contributed by atoms with Crippen LogP contribution in [0.4, 0.5) is 0 Å². The van der Waals surface area contributed by atoms with Crippen molar-refractivity contribution in [3.05, 3.63) is 78.9 Å². The molecule has 0 fully saturated rings. The lowest BCUT2D eigenvalue weighted by Crippen LogP contribution is -1.99. The SMILES string of the molecule is Cc1nc(C)nc(-c2cc(-c3cccnc3)cc(-c3cccnc3)c2)n1. The Labute approximate surface area is 151 Å². The van der Waals surface area contributed by atoms with E-state index in [1.807, 2.05) is 50.5 Å². The van der Waals surface area contributed by atoms with E-state index < -0.39 is 0 Å². The van der Waals surface area contributed by atoms with Gasteiger partial charge < -0.3 is 0 Å². The largest absolute Gasteiger partial charge is 0.264 e. The van der Waals surface area contributed by atoms with Gasteiger partial charge in [0.25, 0.3) is 0 Å². The third-order valence-electron chi connectivity index (χ3n) is 4.04. The zero-order chi connectivity index (χ0) is 17.9. The lowest BCUT2D eigenvalue weighted by atomic mass is 9.97. The molecule has 3 aromatic heterocycles. The Balaban J connectivity index is 1.93. The first kappa shape index (κ1) is 16.0. The van der Waals surface area contributed by atoms with Crippen LogP contribution in [0.2, 0.25) is 0 Å². The van der Waals surface area contributed by atoms with Crippen LogP contribution in [0.1, 0.15) is 11.6 Å². The van der Waals surface area contributed by atoms with Gasteiger partial charge in [-0.15, -0.1) is 0 Å². The second kappa shape index (κ2) is 6.80. The average molecular weight is 339 g/mol. The minimum atomic E-state index is 0.672. The van der Waals surface area contributed by atoms with Gasteiger partial charge in [0.2, 0.25) is 0 Å². The second-order valence-electron chi connectivity index (χ2n) is 6.04. The average Bonchev–Trinajstić information content (AvgIpc) is 2.68. The molecule has 4 aromatic rings. The van der Waals surface area contributed by atoms with Crippen LogP contribution in [0.25, 0.3) is 33.6 Å². The highest BCUT2D eigenvalue weighted by molar-refractivity contribution is 5.78. The van der Waals surface area contributed by atoms with Gasteiger partial charge in [0.1, 0.15) is 11.6 Å². The van der Waals surface area contributed by atoms with Gasteiger partial charge in [0.15, 0.2) is 5.82 Å². The molecule has 126 valence electrons. The minimum absolute atomic E-state index is 0.672. The van der Waals surface area contributed by atoms with Crippen molar-refractivity contribution in [2.24, 2.45) is 0 Å². The first-order valence-electron chi connectivity index (χ1n) is 8.34. The van der Waals surface area contributed by atoms with Crippen molar-refractivity contribution in [3.8, 4) is 33.6 Å². The first-order chi connectivity index (χ1) is 12.7. The van der Waals surface area contributed by atoms with E-state index in [0.717, 1.165) is 27.8 Å². The molecule has 3 heterocycles. The standard InChI is InChI=1S/C21H17N5/c1-14-24-15(2)26-21(25-14)20-10-18(16-5-3-7-22-12-16)9-19(11-20)17-6-4-8-23-13-17/h3-13H,1-2H3. The summed E-state index contributed by atoms with van der Waals surface area (Å²) in [7, 11) is 0. The van der Waals surface area contributed by atoms with E-state index >= 15 is 0 Å². The van der Waals surface area contributed by atoms with E-state index in [4.69, 9.17) is 0 Å². The summed E-state index contributed by atoms with van der Waals surface area (Å²) >= 11 is 0. The molecule has 0 saturated carbocycles. The molecule has 0 radical (unpaired) electrons. The molecule has 0 aliphatic rings. The van der Waals surface area contributed by atoms with Gasteiger partial charge >= 0.3 is 0 Å². The highest BCUT2D eigenvalue weighted by atomic mass is 15.0. The van der Waals surface area contributed by atoms with Crippen LogP contribution in [0.5, 0.6) is 0 Å². The smallest absolute Gasteiger partial charge is 0.163 e. The summed E-state index contributed by atoms with van der Waals surface area (Å²) in [5.41, 5.74) is 5.15.